The molecule has 0 aliphatic rings. The third-order valence-corrected chi connectivity index (χ3v) is 3.50. The number of hydrogen-bond acceptors (Lipinski definition) is 5. The Kier molecular flexibility index (Phi) is 5.02. The molecule has 0 fully saturated rings. The predicted octanol–water partition coefficient (Wildman–Crippen LogP) is 1.57. The molecule has 21 heavy (non-hydrogen) atoms. The van der Waals surface area contributed by atoms with Crippen LogP contribution in [0.2, 0.25) is 0 Å². The smallest absolute Gasteiger partial charge is 0.275 e. The Labute approximate surface area is 125 Å². The lowest BCUT2D eigenvalue weighted by Gasteiger charge is -2.08. The first-order valence-electron chi connectivity index (χ1n) is 6.21. The van der Waals surface area contributed by atoms with Crippen molar-refractivity contribution in [3.8, 4) is 0 Å². The fourth-order valence-electron chi connectivity index (χ4n) is 1.78. The molecule has 2 aromatic rings. The fraction of sp³-hybridized carbons (Fsp3) is 0.214. The van der Waals surface area contributed by atoms with E-state index < -0.39 is 5.91 Å². The zero-order chi connectivity index (χ0) is 15.2. The maximum atomic E-state index is 12.1. The summed E-state index contributed by atoms with van der Waals surface area (Å²) in [6.45, 7) is 0.371. The zero-order valence-corrected chi connectivity index (χ0v) is 12.3. The van der Waals surface area contributed by atoms with Gasteiger partial charge in [0, 0.05) is 18.2 Å². The first-order chi connectivity index (χ1) is 10.1. The number of aromatic nitrogens is 1. The zero-order valence-electron chi connectivity index (χ0n) is 11.5. The van der Waals surface area contributed by atoms with Gasteiger partial charge in [-0.05, 0) is 11.6 Å². The number of benzene rings is 1. The molecule has 7 heteroatoms. The highest BCUT2D eigenvalue weighted by Gasteiger charge is 2.13. The highest BCUT2D eigenvalue weighted by molar-refractivity contribution is 7.09. The number of nitrogens with two attached hydrogens (primary N) is 1. The molecule has 3 N–H and O–H groups in total. The molecule has 0 saturated heterocycles. The van der Waals surface area contributed by atoms with Crippen LogP contribution in [0, 0.1) is 0 Å². The minimum atomic E-state index is -0.451. The highest BCUT2D eigenvalue weighted by atomic mass is 32.1. The summed E-state index contributed by atoms with van der Waals surface area (Å²) >= 11 is 1.36. The Balaban J connectivity index is 2.13. The largest absolute Gasteiger partial charge is 0.378 e. The monoisotopic (exact) mass is 305 g/mol. The molecule has 2 amide bonds. The van der Waals surface area contributed by atoms with E-state index in [0.717, 1.165) is 5.01 Å². The van der Waals surface area contributed by atoms with E-state index >= 15 is 0 Å². The number of carbonyl (C=O) groups is 2. The Morgan fingerprint density at radius 1 is 1.38 bits per heavy atom. The highest BCUT2D eigenvalue weighted by Crippen LogP contribution is 2.18. The third-order valence-electron chi connectivity index (χ3n) is 2.68. The van der Waals surface area contributed by atoms with E-state index in [2.05, 4.69) is 10.3 Å². The van der Waals surface area contributed by atoms with Crippen molar-refractivity contribution in [3.63, 3.8) is 0 Å². The number of primary amides is 1. The molecule has 6 nitrogen and oxygen atoms in total. The van der Waals surface area contributed by atoms with E-state index in [4.69, 9.17) is 10.5 Å². The summed E-state index contributed by atoms with van der Waals surface area (Å²) in [6, 6.07) is 7.03. The summed E-state index contributed by atoms with van der Waals surface area (Å²) in [5.74, 6) is -0.779. The molecule has 0 spiro atoms. The van der Waals surface area contributed by atoms with E-state index in [1.807, 2.05) is 0 Å². The maximum Gasteiger partial charge on any atom is 0.275 e. The Hall–Kier alpha value is -2.25. The quantitative estimate of drug-likeness (QED) is 0.847. The molecular formula is C14H15N3O3S. The molecule has 1 aromatic carbocycles. The number of ether oxygens (including phenoxy) is 1. The minimum Gasteiger partial charge on any atom is -0.378 e. The Bertz CT molecular complexity index is 654. The van der Waals surface area contributed by atoms with Gasteiger partial charge in [0.05, 0.1) is 13.0 Å². The van der Waals surface area contributed by atoms with Crippen molar-refractivity contribution in [2.75, 3.05) is 12.4 Å². The van der Waals surface area contributed by atoms with E-state index in [9.17, 15) is 9.59 Å². The van der Waals surface area contributed by atoms with Crippen molar-refractivity contribution < 1.29 is 14.3 Å². The first-order valence-corrected chi connectivity index (χ1v) is 7.09. The van der Waals surface area contributed by atoms with Gasteiger partial charge >= 0.3 is 0 Å². The van der Waals surface area contributed by atoms with Gasteiger partial charge in [0.2, 0.25) is 5.91 Å². The standard InChI is InChI=1S/C14H15N3O3S/c1-20-7-13-16-11(8-21-13)14(19)17-10-5-3-2-4-9(10)6-12(15)18/h2-5,8H,6-7H2,1H3,(H2,15,18)(H,17,19). The normalized spacial score (nSPS) is 10.3. The molecule has 0 saturated carbocycles. The molecule has 0 atom stereocenters. The minimum absolute atomic E-state index is 0.0719. The van der Waals surface area contributed by atoms with Gasteiger partial charge in [-0.15, -0.1) is 11.3 Å². The number of nitrogens with zero attached hydrogens (tertiary/aromatic N) is 1. The number of rotatable bonds is 6. The summed E-state index contributed by atoms with van der Waals surface area (Å²) in [5.41, 5.74) is 6.75. The van der Waals surface area contributed by atoms with Gasteiger partial charge in [0.25, 0.3) is 5.91 Å². The second-order valence-electron chi connectivity index (χ2n) is 4.31. The van der Waals surface area contributed by atoms with Crippen LogP contribution in [0.3, 0.4) is 0 Å². The average Bonchev–Trinajstić information content (AvgIpc) is 2.89. The molecule has 0 aliphatic heterocycles. The summed E-state index contributed by atoms with van der Waals surface area (Å²) in [6.07, 6.45) is 0.0719. The van der Waals surface area contributed by atoms with E-state index in [1.54, 1.807) is 36.8 Å². The molecule has 0 radical (unpaired) electrons. The second kappa shape index (κ2) is 6.96. The van der Waals surface area contributed by atoms with Gasteiger partial charge in [-0.3, -0.25) is 9.59 Å². The molecule has 0 unspecified atom stereocenters. The van der Waals surface area contributed by atoms with Crippen molar-refractivity contribution in [2.24, 2.45) is 5.73 Å². The molecule has 0 aliphatic carbocycles. The predicted molar refractivity (Wildman–Crippen MR) is 80.1 cm³/mol. The average molecular weight is 305 g/mol. The van der Waals surface area contributed by atoms with Crippen molar-refractivity contribution in [1.82, 2.24) is 4.98 Å². The van der Waals surface area contributed by atoms with Crippen LogP contribution in [-0.2, 0) is 22.6 Å². The number of hydrogen-bond donors (Lipinski definition) is 2. The Morgan fingerprint density at radius 2 is 2.14 bits per heavy atom. The van der Waals surface area contributed by atoms with Crippen molar-refractivity contribution >= 4 is 28.8 Å². The van der Waals surface area contributed by atoms with Gasteiger partial charge in [-0.25, -0.2) is 4.98 Å². The number of carbonyl (C=O) groups excluding carboxylic acids is 2. The SMILES string of the molecule is COCc1nc(C(=O)Nc2ccccc2CC(N)=O)cs1. The topological polar surface area (TPSA) is 94.3 Å². The summed E-state index contributed by atoms with van der Waals surface area (Å²) in [7, 11) is 1.57. The fourth-order valence-corrected chi connectivity index (χ4v) is 2.52. The summed E-state index contributed by atoms with van der Waals surface area (Å²) in [5, 5.41) is 5.14. The maximum absolute atomic E-state index is 12.1. The number of para-hydroxylation sites is 1. The van der Waals surface area contributed by atoms with Crippen LogP contribution in [-0.4, -0.2) is 23.9 Å². The van der Waals surface area contributed by atoms with Crippen LogP contribution in [0.1, 0.15) is 21.1 Å². The van der Waals surface area contributed by atoms with E-state index in [-0.39, 0.29) is 12.3 Å². The van der Waals surface area contributed by atoms with Gasteiger partial charge in [-0.2, -0.15) is 0 Å². The number of methoxy groups -OCH3 is 1. The summed E-state index contributed by atoms with van der Waals surface area (Å²) in [4.78, 5) is 27.4. The van der Waals surface area contributed by atoms with Gasteiger partial charge < -0.3 is 15.8 Å². The van der Waals surface area contributed by atoms with Crippen molar-refractivity contribution in [2.45, 2.75) is 13.0 Å². The van der Waals surface area contributed by atoms with Crippen molar-refractivity contribution in [3.05, 3.63) is 45.9 Å². The van der Waals surface area contributed by atoms with Crippen molar-refractivity contribution in [1.29, 1.82) is 0 Å². The molecule has 110 valence electrons. The number of thiazole rings is 1. The lowest BCUT2D eigenvalue weighted by atomic mass is 10.1. The molecule has 0 bridgehead atoms. The lowest BCUT2D eigenvalue weighted by molar-refractivity contribution is -0.117. The molecule has 2 rings (SSSR count). The van der Waals surface area contributed by atoms with Crippen LogP contribution in [0.25, 0.3) is 0 Å². The van der Waals surface area contributed by atoms with E-state index in [0.29, 0.717) is 23.6 Å². The first kappa shape index (κ1) is 15.1. The number of anilines is 1. The molecule has 1 heterocycles. The number of amides is 2. The van der Waals surface area contributed by atoms with E-state index in [1.165, 1.54) is 11.3 Å². The van der Waals surface area contributed by atoms with Gasteiger partial charge in [-0.1, -0.05) is 18.2 Å². The second-order valence-corrected chi connectivity index (χ2v) is 5.26. The third kappa shape index (κ3) is 4.11. The van der Waals surface area contributed by atoms with Crippen LogP contribution < -0.4 is 11.1 Å². The van der Waals surface area contributed by atoms with Crippen LogP contribution in [0.4, 0.5) is 5.69 Å². The van der Waals surface area contributed by atoms with Gasteiger partial charge in [0.15, 0.2) is 0 Å². The Morgan fingerprint density at radius 3 is 2.86 bits per heavy atom. The molecule has 1 aromatic heterocycles. The van der Waals surface area contributed by atoms with Crippen LogP contribution in [0.5, 0.6) is 0 Å². The number of nitrogens with one attached hydrogen (secondary N) is 1. The van der Waals surface area contributed by atoms with Crippen LogP contribution >= 0.6 is 11.3 Å². The summed E-state index contributed by atoms with van der Waals surface area (Å²) < 4.78 is 4.97. The lowest BCUT2D eigenvalue weighted by Crippen LogP contribution is -2.17. The van der Waals surface area contributed by atoms with Gasteiger partial charge in [0.1, 0.15) is 10.7 Å². The van der Waals surface area contributed by atoms with Crippen LogP contribution in [0.15, 0.2) is 29.6 Å². The molecular weight excluding hydrogens is 290 g/mol.